The smallest absolute Gasteiger partial charge is 0.271 e. The number of nitro groups is 1. The van der Waals surface area contributed by atoms with Gasteiger partial charge in [0.25, 0.3) is 5.69 Å². The summed E-state index contributed by atoms with van der Waals surface area (Å²) in [5.41, 5.74) is 0.802. The number of hydrogen-bond donors (Lipinski definition) is 1. The van der Waals surface area contributed by atoms with Crippen molar-refractivity contribution >= 4 is 43.0 Å². The lowest BCUT2D eigenvalue weighted by Gasteiger charge is -2.20. The number of sulfonamides is 1. The van der Waals surface area contributed by atoms with Crippen molar-refractivity contribution in [3.63, 3.8) is 0 Å². The van der Waals surface area contributed by atoms with Gasteiger partial charge in [0.1, 0.15) is 9.90 Å². The predicted molar refractivity (Wildman–Crippen MR) is 96.2 cm³/mol. The lowest BCUT2D eigenvalue weighted by molar-refractivity contribution is -0.384. The van der Waals surface area contributed by atoms with Crippen LogP contribution in [0.2, 0.25) is 0 Å². The summed E-state index contributed by atoms with van der Waals surface area (Å²) in [6.45, 7) is 0.295. The van der Waals surface area contributed by atoms with Crippen molar-refractivity contribution in [1.29, 1.82) is 0 Å². The molecular weight excluding hydrogens is 364 g/mol. The molecule has 2 aromatic carbocycles. The number of hydrogen-bond acceptors (Lipinski definition) is 7. The van der Waals surface area contributed by atoms with Crippen LogP contribution in [-0.2, 0) is 16.6 Å². The quantitative estimate of drug-likeness (QED) is 0.538. The van der Waals surface area contributed by atoms with Crippen molar-refractivity contribution in [2.75, 3.05) is 11.9 Å². The zero-order valence-electron chi connectivity index (χ0n) is 13.1. The molecule has 1 aromatic heterocycles. The summed E-state index contributed by atoms with van der Waals surface area (Å²) in [5.74, 6) is 0. The molecule has 0 fully saturated rings. The van der Waals surface area contributed by atoms with Crippen LogP contribution in [-0.4, -0.2) is 25.4 Å². The highest BCUT2D eigenvalue weighted by atomic mass is 32.2. The highest BCUT2D eigenvalue weighted by Gasteiger charge is 2.21. The number of non-ortho nitro benzene ring substituents is 1. The average molecular weight is 378 g/mol. The Morgan fingerprint density at radius 1 is 1.28 bits per heavy atom. The number of thiazole rings is 1. The minimum atomic E-state index is -4.02. The molecule has 0 unspecified atom stereocenters. The van der Waals surface area contributed by atoms with E-state index in [1.54, 1.807) is 11.9 Å². The van der Waals surface area contributed by atoms with Crippen LogP contribution >= 0.6 is 11.3 Å². The van der Waals surface area contributed by atoms with Crippen LogP contribution < -0.4 is 10.0 Å². The molecule has 0 aliphatic carbocycles. The highest BCUT2D eigenvalue weighted by molar-refractivity contribution is 7.89. The van der Waals surface area contributed by atoms with Gasteiger partial charge in [-0.15, -0.1) is 11.3 Å². The van der Waals surface area contributed by atoms with Crippen molar-refractivity contribution in [3.05, 3.63) is 57.6 Å². The molecule has 0 amide bonds. The van der Waals surface area contributed by atoms with Gasteiger partial charge in [0, 0.05) is 19.2 Å². The van der Waals surface area contributed by atoms with Gasteiger partial charge in [-0.2, -0.15) is 0 Å². The second kappa shape index (κ2) is 6.39. The molecule has 0 bridgehead atoms. The fraction of sp³-hybridized carbons (Fsp3) is 0.133. The highest BCUT2D eigenvalue weighted by Crippen LogP contribution is 2.30. The van der Waals surface area contributed by atoms with Crippen molar-refractivity contribution in [3.8, 4) is 0 Å². The van der Waals surface area contributed by atoms with E-state index in [1.165, 1.54) is 17.4 Å². The third-order valence-electron chi connectivity index (χ3n) is 3.58. The fourth-order valence-corrected chi connectivity index (χ4v) is 4.22. The summed E-state index contributed by atoms with van der Waals surface area (Å²) in [4.78, 5) is 16.3. The second-order valence-corrected chi connectivity index (χ2v) is 8.03. The summed E-state index contributed by atoms with van der Waals surface area (Å²) >= 11 is 1.48. The maximum absolute atomic E-state index is 11.8. The molecule has 3 rings (SSSR count). The van der Waals surface area contributed by atoms with Crippen molar-refractivity contribution in [2.24, 2.45) is 5.14 Å². The van der Waals surface area contributed by atoms with Gasteiger partial charge >= 0.3 is 0 Å². The van der Waals surface area contributed by atoms with Gasteiger partial charge in [-0.3, -0.25) is 10.1 Å². The summed E-state index contributed by atoms with van der Waals surface area (Å²) < 4.78 is 24.6. The Bertz CT molecular complexity index is 1030. The molecule has 3 aromatic rings. The normalized spacial score (nSPS) is 11.6. The van der Waals surface area contributed by atoms with Gasteiger partial charge < -0.3 is 4.90 Å². The van der Waals surface area contributed by atoms with E-state index in [9.17, 15) is 18.5 Å². The number of benzene rings is 2. The number of nitrogens with two attached hydrogens (primary N) is 1. The van der Waals surface area contributed by atoms with E-state index in [0.29, 0.717) is 6.54 Å². The Morgan fingerprint density at radius 3 is 2.64 bits per heavy atom. The maximum atomic E-state index is 11.8. The predicted octanol–water partition coefficient (Wildman–Crippen LogP) is 2.49. The lowest BCUT2D eigenvalue weighted by Crippen LogP contribution is -2.22. The first-order chi connectivity index (χ1) is 11.8. The molecule has 1 heterocycles. The van der Waals surface area contributed by atoms with Crippen LogP contribution in [0.25, 0.3) is 10.2 Å². The van der Waals surface area contributed by atoms with Gasteiger partial charge in [-0.05, 0) is 18.2 Å². The van der Waals surface area contributed by atoms with Gasteiger partial charge in [-0.25, -0.2) is 18.5 Å². The third-order valence-corrected chi connectivity index (χ3v) is 5.56. The Kier molecular flexibility index (Phi) is 4.41. The summed E-state index contributed by atoms with van der Waals surface area (Å²) in [6.07, 6.45) is 0. The first-order valence-corrected chi connectivity index (χ1v) is 9.49. The Morgan fingerprint density at radius 2 is 2.00 bits per heavy atom. The number of primary sulfonamides is 1. The van der Waals surface area contributed by atoms with E-state index >= 15 is 0 Å². The van der Waals surface area contributed by atoms with Gasteiger partial charge in [0.05, 0.1) is 27.4 Å². The summed E-state index contributed by atoms with van der Waals surface area (Å²) in [6, 6.07) is 11.1. The van der Waals surface area contributed by atoms with Crippen LogP contribution in [0, 0.1) is 10.1 Å². The first-order valence-electron chi connectivity index (χ1n) is 7.12. The van der Waals surface area contributed by atoms with E-state index in [4.69, 9.17) is 5.14 Å². The SMILES string of the molecule is CN(Cc1nc2ccccc2s1)c1cc([N+](=O)[O-])ccc1S(N)(=O)=O. The monoisotopic (exact) mass is 378 g/mol. The molecule has 0 spiro atoms. The fourth-order valence-electron chi connectivity index (χ4n) is 2.43. The largest absolute Gasteiger partial charge is 0.367 e. The van der Waals surface area contributed by atoms with E-state index in [1.807, 2.05) is 24.3 Å². The number of rotatable bonds is 5. The average Bonchev–Trinajstić information content (AvgIpc) is 2.95. The molecule has 0 atom stereocenters. The number of para-hydroxylation sites is 1. The van der Waals surface area contributed by atoms with E-state index in [-0.39, 0.29) is 16.3 Å². The Hall–Kier alpha value is -2.56. The van der Waals surface area contributed by atoms with Gasteiger partial charge in [-0.1, -0.05) is 12.1 Å². The molecule has 0 saturated heterocycles. The molecule has 8 nitrogen and oxygen atoms in total. The molecule has 0 radical (unpaired) electrons. The van der Waals surface area contributed by atoms with Crippen LogP contribution in [0.1, 0.15) is 5.01 Å². The number of fused-ring (bicyclic) bond motifs is 1. The Labute approximate surface area is 147 Å². The number of nitrogens with zero attached hydrogens (tertiary/aromatic N) is 3. The molecule has 10 heteroatoms. The number of aromatic nitrogens is 1. The minimum absolute atomic E-state index is 0.163. The van der Waals surface area contributed by atoms with Crippen LogP contribution in [0.15, 0.2) is 47.4 Å². The molecule has 0 saturated carbocycles. The molecule has 0 aliphatic heterocycles. The van der Waals surface area contributed by atoms with E-state index in [2.05, 4.69) is 4.98 Å². The van der Waals surface area contributed by atoms with Crippen LogP contribution in [0.3, 0.4) is 0 Å². The van der Waals surface area contributed by atoms with Gasteiger partial charge in [0.2, 0.25) is 10.0 Å². The third kappa shape index (κ3) is 3.60. The number of nitro benzene ring substituents is 1. The van der Waals surface area contributed by atoms with Crippen LogP contribution in [0.5, 0.6) is 0 Å². The van der Waals surface area contributed by atoms with Crippen molar-refractivity contribution < 1.29 is 13.3 Å². The zero-order chi connectivity index (χ0) is 18.2. The Balaban J connectivity index is 2.01. The van der Waals surface area contributed by atoms with Crippen molar-refractivity contribution in [1.82, 2.24) is 4.98 Å². The standard InChI is InChI=1S/C15H14N4O4S2/c1-18(9-15-17-11-4-2-3-5-13(11)24-15)12-8-10(19(20)21)6-7-14(12)25(16,22)23/h2-8H,9H2,1H3,(H2,16,22,23). The molecule has 0 aliphatic rings. The summed E-state index contributed by atoms with van der Waals surface area (Å²) in [7, 11) is -2.38. The zero-order valence-corrected chi connectivity index (χ0v) is 14.8. The molecule has 2 N–H and O–H groups in total. The van der Waals surface area contributed by atoms with Crippen molar-refractivity contribution in [2.45, 2.75) is 11.4 Å². The van der Waals surface area contributed by atoms with Gasteiger partial charge in [0.15, 0.2) is 0 Å². The minimum Gasteiger partial charge on any atom is -0.367 e. The summed E-state index contributed by atoms with van der Waals surface area (Å²) in [5, 5.41) is 17.0. The topological polar surface area (TPSA) is 119 Å². The number of anilines is 1. The molecular formula is C15H14N4O4S2. The van der Waals surface area contributed by atoms with Crippen LogP contribution in [0.4, 0.5) is 11.4 Å². The molecule has 130 valence electrons. The second-order valence-electron chi connectivity index (χ2n) is 5.39. The molecule has 25 heavy (non-hydrogen) atoms. The van der Waals surface area contributed by atoms with E-state index in [0.717, 1.165) is 27.4 Å². The first kappa shape index (κ1) is 17.3. The lowest BCUT2D eigenvalue weighted by atomic mass is 10.2. The van der Waals surface area contributed by atoms with E-state index < -0.39 is 14.9 Å². The maximum Gasteiger partial charge on any atom is 0.271 e.